The molecule has 0 radical (unpaired) electrons. The zero-order valence-corrected chi connectivity index (χ0v) is 12.8. The van der Waals surface area contributed by atoms with Crippen LogP contribution in [-0.4, -0.2) is 40.4 Å². The number of ether oxygens (including phenoxy) is 1. The molecule has 0 amide bonds. The molecule has 0 fully saturated rings. The number of hydrogen-bond acceptors (Lipinski definition) is 7. The molecule has 0 saturated carbocycles. The first-order valence-electron chi connectivity index (χ1n) is 5.90. The molecule has 0 aliphatic carbocycles. The molecule has 14 heteroatoms. The number of methoxy groups -OCH3 is 1. The summed E-state index contributed by atoms with van der Waals surface area (Å²) in [5.41, 5.74) is -1.63. The second kappa shape index (κ2) is 5.77. The number of aromatic hydroxyl groups is 1. The minimum atomic E-state index is -5.09. The molecule has 0 bridgehead atoms. The first-order valence-corrected chi connectivity index (χ1v) is 7.38. The zero-order chi connectivity index (χ0) is 18.3. The summed E-state index contributed by atoms with van der Waals surface area (Å²) < 4.78 is 83.7. The topological polar surface area (TPSA) is 119 Å². The average Bonchev–Trinajstić information content (AvgIpc) is 2.80. The van der Waals surface area contributed by atoms with Crippen LogP contribution in [0.3, 0.4) is 0 Å². The molecule has 132 valence electrons. The van der Waals surface area contributed by atoms with Gasteiger partial charge in [0, 0.05) is 7.05 Å². The van der Waals surface area contributed by atoms with Gasteiger partial charge in [0.15, 0.2) is 22.2 Å². The first kappa shape index (κ1) is 17.7. The number of aromatic nitrogens is 4. The second-order valence-electron chi connectivity index (χ2n) is 4.28. The Morgan fingerprint density at radius 2 is 2.00 bits per heavy atom. The Morgan fingerprint density at radius 3 is 2.54 bits per heavy atom. The Morgan fingerprint density at radius 1 is 1.38 bits per heavy atom. The molecule has 9 nitrogen and oxygen atoms in total. The van der Waals surface area contributed by atoms with E-state index in [0.717, 1.165) is 14.2 Å². The molecule has 0 aliphatic heterocycles. The van der Waals surface area contributed by atoms with Crippen LogP contribution < -0.4 is 9.46 Å². The lowest BCUT2D eigenvalue weighted by Crippen LogP contribution is -2.21. The lowest BCUT2D eigenvalue weighted by atomic mass is 10.4. The normalized spacial score (nSPS) is 12.2. The summed E-state index contributed by atoms with van der Waals surface area (Å²) in [6.45, 7) is 0. The largest absolute Gasteiger partial charge is 0.479 e. The lowest BCUT2D eigenvalue weighted by Gasteiger charge is -2.12. The van der Waals surface area contributed by atoms with Crippen molar-refractivity contribution in [2.24, 2.45) is 7.05 Å². The quantitative estimate of drug-likeness (QED) is 0.766. The van der Waals surface area contributed by atoms with Crippen molar-refractivity contribution in [1.82, 2.24) is 19.7 Å². The van der Waals surface area contributed by atoms with E-state index in [1.54, 1.807) is 0 Å². The van der Waals surface area contributed by atoms with Gasteiger partial charge in [-0.2, -0.15) is 18.2 Å². The third kappa shape index (κ3) is 3.17. The van der Waals surface area contributed by atoms with Gasteiger partial charge in [0.1, 0.15) is 0 Å². The van der Waals surface area contributed by atoms with Crippen molar-refractivity contribution in [3.05, 3.63) is 17.7 Å². The van der Waals surface area contributed by atoms with E-state index in [9.17, 15) is 26.0 Å². The smallest absolute Gasteiger partial charge is 0.434 e. The van der Waals surface area contributed by atoms with Gasteiger partial charge in [0.25, 0.3) is 15.9 Å². The van der Waals surface area contributed by atoms with E-state index in [2.05, 4.69) is 19.8 Å². The van der Waals surface area contributed by atoms with E-state index in [4.69, 9.17) is 5.11 Å². The van der Waals surface area contributed by atoms with E-state index in [1.807, 2.05) is 0 Å². The summed E-state index contributed by atoms with van der Waals surface area (Å²) in [6, 6.07) is -0.983. The molecule has 0 spiro atoms. The van der Waals surface area contributed by atoms with E-state index in [0.29, 0.717) is 6.20 Å². The Balaban J connectivity index is 2.63. The van der Waals surface area contributed by atoms with Crippen molar-refractivity contribution in [3.8, 4) is 11.9 Å². The fourth-order valence-electron chi connectivity index (χ4n) is 1.78. The van der Waals surface area contributed by atoms with Crippen LogP contribution in [0.4, 0.5) is 23.4 Å². The Hall–Kier alpha value is -2.64. The number of halogens is 4. The molecule has 2 heterocycles. The van der Waals surface area contributed by atoms with Gasteiger partial charge < -0.3 is 9.84 Å². The number of aryl methyl sites for hydroxylation is 1. The Bertz CT molecular complexity index is 880. The SMILES string of the molecule is COc1nn(C)c(C(F)(F)F)c1S(=O)(=O)Nc1nc(O)ncc1F. The number of nitrogens with zero attached hydrogens (tertiary/aromatic N) is 4. The summed E-state index contributed by atoms with van der Waals surface area (Å²) in [4.78, 5) is 4.77. The summed E-state index contributed by atoms with van der Waals surface area (Å²) in [6.07, 6.45) is -4.65. The number of nitrogens with one attached hydrogen (secondary N) is 1. The van der Waals surface area contributed by atoms with Crippen molar-refractivity contribution in [3.63, 3.8) is 0 Å². The predicted molar refractivity (Wildman–Crippen MR) is 69.2 cm³/mol. The van der Waals surface area contributed by atoms with E-state index in [1.165, 1.54) is 4.72 Å². The molecule has 0 aliphatic rings. The fourth-order valence-corrected chi connectivity index (χ4v) is 3.13. The molecule has 0 saturated heterocycles. The molecule has 2 N–H and O–H groups in total. The Kier molecular flexibility index (Phi) is 4.26. The molecule has 24 heavy (non-hydrogen) atoms. The van der Waals surface area contributed by atoms with Crippen LogP contribution >= 0.6 is 0 Å². The molecule has 0 atom stereocenters. The van der Waals surface area contributed by atoms with Gasteiger partial charge in [-0.1, -0.05) is 0 Å². The molecular weight excluding hydrogens is 362 g/mol. The van der Waals surface area contributed by atoms with Gasteiger partial charge in [-0.25, -0.2) is 17.8 Å². The minimum absolute atomic E-state index is 0.265. The highest BCUT2D eigenvalue weighted by Crippen LogP contribution is 2.39. The molecule has 2 rings (SSSR count). The van der Waals surface area contributed by atoms with Crippen molar-refractivity contribution >= 4 is 15.8 Å². The molecule has 2 aromatic heterocycles. The van der Waals surface area contributed by atoms with Crippen LogP contribution in [0.2, 0.25) is 0 Å². The number of alkyl halides is 3. The zero-order valence-electron chi connectivity index (χ0n) is 12.0. The van der Waals surface area contributed by atoms with E-state index >= 15 is 0 Å². The standard InChI is InChI=1S/C10H9F4N5O4S/c1-19-6(10(12,13)14)5(8(17-19)23-2)24(21,22)18-7-4(11)3-15-9(20)16-7/h3H,1-2H3,(H2,15,16,18,20). The number of rotatable bonds is 4. The van der Waals surface area contributed by atoms with Crippen molar-refractivity contribution in [2.45, 2.75) is 11.1 Å². The third-order valence-electron chi connectivity index (χ3n) is 2.67. The summed E-state index contributed by atoms with van der Waals surface area (Å²) in [5.74, 6) is -3.20. The fraction of sp³-hybridized carbons (Fsp3) is 0.300. The van der Waals surface area contributed by atoms with Crippen LogP contribution in [0.1, 0.15) is 5.69 Å². The maximum Gasteiger partial charge on any atom is 0.434 e. The number of sulfonamides is 1. The van der Waals surface area contributed by atoms with Gasteiger partial charge in [0.05, 0.1) is 13.3 Å². The average molecular weight is 371 g/mol. The summed E-state index contributed by atoms with van der Waals surface area (Å²) in [7, 11) is -3.23. The second-order valence-corrected chi connectivity index (χ2v) is 5.90. The Labute approximate surface area is 132 Å². The third-order valence-corrected chi connectivity index (χ3v) is 4.03. The van der Waals surface area contributed by atoms with Crippen LogP contribution in [-0.2, 0) is 23.2 Å². The summed E-state index contributed by atoms with van der Waals surface area (Å²) >= 11 is 0. The number of anilines is 1. The summed E-state index contributed by atoms with van der Waals surface area (Å²) in [5, 5.41) is 12.4. The van der Waals surface area contributed by atoms with Crippen molar-refractivity contribution < 1.29 is 35.8 Å². The highest BCUT2D eigenvalue weighted by molar-refractivity contribution is 7.92. The number of hydrogen-bond donors (Lipinski definition) is 2. The van der Waals surface area contributed by atoms with Crippen LogP contribution in [0.15, 0.2) is 11.1 Å². The maximum absolute atomic E-state index is 13.5. The van der Waals surface area contributed by atoms with Crippen LogP contribution in [0.25, 0.3) is 0 Å². The molecule has 0 unspecified atom stereocenters. The van der Waals surface area contributed by atoms with Crippen molar-refractivity contribution in [1.29, 1.82) is 0 Å². The highest BCUT2D eigenvalue weighted by Gasteiger charge is 2.44. The monoisotopic (exact) mass is 371 g/mol. The molecule has 0 aromatic carbocycles. The maximum atomic E-state index is 13.5. The van der Waals surface area contributed by atoms with Crippen LogP contribution in [0, 0.1) is 5.82 Å². The molecule has 2 aromatic rings. The minimum Gasteiger partial charge on any atom is -0.479 e. The van der Waals surface area contributed by atoms with Gasteiger partial charge >= 0.3 is 12.2 Å². The molecular formula is C10H9F4N5O4S. The first-order chi connectivity index (χ1) is 11.0. The van der Waals surface area contributed by atoms with Gasteiger partial charge in [-0.05, 0) is 0 Å². The highest BCUT2D eigenvalue weighted by atomic mass is 32.2. The van der Waals surface area contributed by atoms with Gasteiger partial charge in [0.2, 0.25) is 0 Å². The van der Waals surface area contributed by atoms with Gasteiger partial charge in [-0.3, -0.25) is 9.40 Å². The lowest BCUT2D eigenvalue weighted by molar-refractivity contribution is -0.146. The predicted octanol–water partition coefficient (Wildman–Crippen LogP) is 0.883. The van der Waals surface area contributed by atoms with Crippen molar-refractivity contribution in [2.75, 3.05) is 11.8 Å². The van der Waals surface area contributed by atoms with Gasteiger partial charge in [-0.15, -0.1) is 5.10 Å². The van der Waals surface area contributed by atoms with E-state index < -0.39 is 50.3 Å². The van der Waals surface area contributed by atoms with Crippen LogP contribution in [0.5, 0.6) is 11.9 Å². The van der Waals surface area contributed by atoms with E-state index in [-0.39, 0.29) is 4.68 Å².